The minimum Gasteiger partial charge on any atom is -0.507 e. The molecule has 0 aliphatic carbocycles. The number of nitrogens with one attached hydrogen (secondary N) is 1. The molecule has 0 saturated carbocycles. The normalized spacial score (nSPS) is 10.3. The van der Waals surface area contributed by atoms with E-state index in [-0.39, 0.29) is 17.1 Å². The highest BCUT2D eigenvalue weighted by Gasteiger charge is 2.16. The summed E-state index contributed by atoms with van der Waals surface area (Å²) in [6.07, 6.45) is 0. The number of carbonyl (C=O) groups is 1. The number of hydrogen-bond acceptors (Lipinski definition) is 4. The molecule has 1 aromatic carbocycles. The maximum Gasteiger partial charge on any atom is 0.259 e. The first kappa shape index (κ1) is 12.9. The van der Waals surface area contributed by atoms with Gasteiger partial charge in [0.15, 0.2) is 0 Å². The van der Waals surface area contributed by atoms with Crippen molar-refractivity contribution >= 4 is 33.2 Å². The number of halogens is 1. The molecule has 4 nitrogen and oxygen atoms in total. The Labute approximate surface area is 116 Å². The zero-order valence-electron chi connectivity index (χ0n) is 9.18. The predicted molar refractivity (Wildman–Crippen MR) is 73.0 cm³/mol. The lowest BCUT2D eigenvalue weighted by Crippen LogP contribution is -2.22. The van der Waals surface area contributed by atoms with Gasteiger partial charge in [-0.15, -0.1) is 11.3 Å². The second kappa shape index (κ2) is 5.41. The van der Waals surface area contributed by atoms with Gasteiger partial charge >= 0.3 is 0 Å². The Morgan fingerprint density at radius 1 is 1.28 bits per heavy atom. The Balaban J connectivity index is 2.11. The van der Waals surface area contributed by atoms with E-state index < -0.39 is 5.91 Å². The average molecular weight is 328 g/mol. The van der Waals surface area contributed by atoms with Crippen molar-refractivity contribution in [2.24, 2.45) is 0 Å². The van der Waals surface area contributed by atoms with Gasteiger partial charge in [-0.3, -0.25) is 4.79 Å². The standard InChI is InChI=1S/C12H10BrNO3S/c13-7-4-5-18-10(7)6-14-12(17)11-8(15)2-1-3-9(11)16/h1-5,15-16H,6H2,(H,14,17). The monoisotopic (exact) mass is 327 g/mol. The molecule has 6 heteroatoms. The van der Waals surface area contributed by atoms with E-state index in [1.54, 1.807) is 0 Å². The van der Waals surface area contributed by atoms with E-state index >= 15 is 0 Å². The van der Waals surface area contributed by atoms with E-state index in [1.807, 2.05) is 11.4 Å². The summed E-state index contributed by atoms with van der Waals surface area (Å²) in [7, 11) is 0. The summed E-state index contributed by atoms with van der Waals surface area (Å²) in [6, 6.07) is 6.08. The highest BCUT2D eigenvalue weighted by molar-refractivity contribution is 9.10. The third-order valence-corrected chi connectivity index (χ3v) is 4.27. The lowest BCUT2D eigenvalue weighted by Gasteiger charge is -2.07. The number of aromatic hydroxyl groups is 2. The fourth-order valence-electron chi connectivity index (χ4n) is 1.46. The quantitative estimate of drug-likeness (QED) is 0.811. The molecule has 0 bridgehead atoms. The van der Waals surface area contributed by atoms with Gasteiger partial charge in [-0.2, -0.15) is 0 Å². The fraction of sp³-hybridized carbons (Fsp3) is 0.0833. The van der Waals surface area contributed by atoms with Gasteiger partial charge in [0, 0.05) is 9.35 Å². The zero-order valence-corrected chi connectivity index (χ0v) is 11.6. The van der Waals surface area contributed by atoms with Crippen LogP contribution in [0.3, 0.4) is 0 Å². The molecule has 3 N–H and O–H groups in total. The molecule has 0 atom stereocenters. The van der Waals surface area contributed by atoms with Crippen LogP contribution in [0.5, 0.6) is 11.5 Å². The maximum absolute atomic E-state index is 11.9. The number of carbonyl (C=O) groups excluding carboxylic acids is 1. The van der Waals surface area contributed by atoms with Crippen molar-refractivity contribution in [3.05, 3.63) is 44.6 Å². The summed E-state index contributed by atoms with van der Waals surface area (Å²) in [4.78, 5) is 12.8. The highest BCUT2D eigenvalue weighted by atomic mass is 79.9. The van der Waals surface area contributed by atoms with Gasteiger partial charge < -0.3 is 15.5 Å². The van der Waals surface area contributed by atoms with E-state index in [0.29, 0.717) is 6.54 Å². The van der Waals surface area contributed by atoms with Crippen LogP contribution < -0.4 is 5.32 Å². The van der Waals surface area contributed by atoms with Crippen LogP contribution in [0.25, 0.3) is 0 Å². The molecule has 2 rings (SSSR count). The lowest BCUT2D eigenvalue weighted by atomic mass is 10.1. The molecular formula is C12H10BrNO3S. The Hall–Kier alpha value is -1.53. The number of hydrogen-bond donors (Lipinski definition) is 3. The summed E-state index contributed by atoms with van der Waals surface area (Å²) < 4.78 is 0.925. The van der Waals surface area contributed by atoms with E-state index in [4.69, 9.17) is 0 Å². The first-order valence-electron chi connectivity index (χ1n) is 5.10. The van der Waals surface area contributed by atoms with Crippen LogP contribution in [-0.4, -0.2) is 16.1 Å². The van der Waals surface area contributed by atoms with Gasteiger partial charge in [0.25, 0.3) is 5.91 Å². The number of rotatable bonds is 3. The SMILES string of the molecule is O=C(NCc1sccc1Br)c1c(O)cccc1O. The third-order valence-electron chi connectivity index (χ3n) is 2.35. The Morgan fingerprint density at radius 3 is 2.50 bits per heavy atom. The summed E-state index contributed by atoms with van der Waals surface area (Å²) >= 11 is 4.87. The van der Waals surface area contributed by atoms with Crippen molar-refractivity contribution in [2.75, 3.05) is 0 Å². The zero-order chi connectivity index (χ0) is 13.1. The van der Waals surface area contributed by atoms with Crippen LogP contribution in [0.1, 0.15) is 15.2 Å². The van der Waals surface area contributed by atoms with E-state index in [1.165, 1.54) is 29.5 Å². The topological polar surface area (TPSA) is 69.6 Å². The van der Waals surface area contributed by atoms with Gasteiger partial charge in [-0.25, -0.2) is 0 Å². The predicted octanol–water partition coefficient (Wildman–Crippen LogP) is 2.85. The fourth-order valence-corrected chi connectivity index (χ4v) is 2.89. The van der Waals surface area contributed by atoms with Gasteiger partial charge in [0.05, 0.1) is 6.54 Å². The smallest absolute Gasteiger partial charge is 0.259 e. The Kier molecular flexibility index (Phi) is 3.88. The summed E-state index contributed by atoms with van der Waals surface area (Å²) in [5.41, 5.74) is -0.106. The van der Waals surface area contributed by atoms with Crippen molar-refractivity contribution in [1.29, 1.82) is 0 Å². The minimum absolute atomic E-state index is 0.106. The van der Waals surface area contributed by atoms with Crippen LogP contribution >= 0.6 is 27.3 Å². The number of benzene rings is 1. The van der Waals surface area contributed by atoms with Gasteiger partial charge in [0.1, 0.15) is 17.1 Å². The summed E-state index contributed by atoms with van der Waals surface area (Å²) in [5.74, 6) is -0.985. The van der Waals surface area contributed by atoms with Gasteiger partial charge in [-0.1, -0.05) is 6.07 Å². The van der Waals surface area contributed by atoms with Crippen molar-refractivity contribution in [1.82, 2.24) is 5.32 Å². The average Bonchev–Trinajstić information content (AvgIpc) is 2.72. The molecule has 0 saturated heterocycles. The van der Waals surface area contributed by atoms with Crippen molar-refractivity contribution < 1.29 is 15.0 Å². The number of phenolic OH excluding ortho intramolecular Hbond substituents is 2. The van der Waals surface area contributed by atoms with Crippen LogP contribution in [0.15, 0.2) is 34.1 Å². The van der Waals surface area contributed by atoms with Crippen molar-refractivity contribution in [2.45, 2.75) is 6.54 Å². The molecule has 1 amide bonds. The third kappa shape index (κ3) is 2.65. The molecular weight excluding hydrogens is 318 g/mol. The lowest BCUT2D eigenvalue weighted by molar-refractivity contribution is 0.0946. The second-order valence-electron chi connectivity index (χ2n) is 3.55. The van der Waals surface area contributed by atoms with Gasteiger partial charge in [0.2, 0.25) is 0 Å². The minimum atomic E-state index is -0.508. The van der Waals surface area contributed by atoms with Gasteiger partial charge in [-0.05, 0) is 39.5 Å². The van der Waals surface area contributed by atoms with E-state index in [0.717, 1.165) is 9.35 Å². The maximum atomic E-state index is 11.9. The molecule has 0 spiro atoms. The number of thiophene rings is 1. The largest absolute Gasteiger partial charge is 0.507 e. The summed E-state index contributed by atoms with van der Waals surface area (Å²) in [6.45, 7) is 0.338. The van der Waals surface area contributed by atoms with E-state index in [9.17, 15) is 15.0 Å². The van der Waals surface area contributed by atoms with Crippen LogP contribution in [-0.2, 0) is 6.54 Å². The van der Waals surface area contributed by atoms with Crippen LogP contribution in [0.4, 0.5) is 0 Å². The molecule has 0 aliphatic heterocycles. The molecule has 94 valence electrons. The molecule has 0 radical (unpaired) electrons. The molecule has 18 heavy (non-hydrogen) atoms. The van der Waals surface area contributed by atoms with Crippen LogP contribution in [0, 0.1) is 0 Å². The van der Waals surface area contributed by atoms with E-state index in [2.05, 4.69) is 21.2 Å². The molecule has 1 aromatic heterocycles. The molecule has 1 heterocycles. The Bertz CT molecular complexity index is 562. The molecule has 0 fully saturated rings. The number of amides is 1. The van der Waals surface area contributed by atoms with Crippen molar-refractivity contribution in [3.8, 4) is 11.5 Å². The summed E-state index contributed by atoms with van der Waals surface area (Å²) in [5, 5.41) is 23.6. The first-order valence-corrected chi connectivity index (χ1v) is 6.78. The second-order valence-corrected chi connectivity index (χ2v) is 5.40. The first-order chi connectivity index (χ1) is 8.59. The molecule has 0 aliphatic rings. The number of phenols is 2. The van der Waals surface area contributed by atoms with Crippen LogP contribution in [0.2, 0.25) is 0 Å². The highest BCUT2D eigenvalue weighted by Crippen LogP contribution is 2.27. The molecule has 0 unspecified atom stereocenters. The Morgan fingerprint density at radius 2 is 1.94 bits per heavy atom. The molecule has 2 aromatic rings. The van der Waals surface area contributed by atoms with Crippen molar-refractivity contribution in [3.63, 3.8) is 0 Å².